The number of nitrogens with two attached hydrogens (primary N) is 1. The molecule has 1 atom stereocenters. The Morgan fingerprint density at radius 3 is 2.66 bits per heavy atom. The second kappa shape index (κ2) is 6.29. The lowest BCUT2D eigenvalue weighted by atomic mass is 9.61. The summed E-state index contributed by atoms with van der Waals surface area (Å²) in [6.07, 6.45) is 6.66. The van der Waals surface area contributed by atoms with E-state index in [-0.39, 0.29) is 23.4 Å². The van der Waals surface area contributed by atoms with E-state index in [2.05, 4.69) is 18.2 Å². The first kappa shape index (κ1) is 18.6. The minimum absolute atomic E-state index is 0.0234. The van der Waals surface area contributed by atoms with Crippen LogP contribution in [0.3, 0.4) is 0 Å². The van der Waals surface area contributed by atoms with Crippen LogP contribution in [-0.4, -0.2) is 47.6 Å². The molecule has 1 unspecified atom stereocenters. The summed E-state index contributed by atoms with van der Waals surface area (Å²) >= 11 is 0. The molecule has 1 amide bonds. The highest BCUT2D eigenvalue weighted by atomic mass is 16.5. The number of carboxylic acid groups (broad SMARTS) is 1. The van der Waals surface area contributed by atoms with Crippen molar-refractivity contribution in [2.24, 2.45) is 16.1 Å². The zero-order valence-corrected chi connectivity index (χ0v) is 16.7. The molecule has 0 aromatic heterocycles. The van der Waals surface area contributed by atoms with Crippen molar-refractivity contribution in [1.29, 1.82) is 0 Å². The molecule has 3 N–H and O–H groups in total. The number of methoxy groups -OCH3 is 1. The smallest absolute Gasteiger partial charge is 0.323 e. The van der Waals surface area contributed by atoms with E-state index in [4.69, 9.17) is 15.5 Å². The summed E-state index contributed by atoms with van der Waals surface area (Å²) in [4.78, 5) is 31.1. The molecule has 0 bridgehead atoms. The summed E-state index contributed by atoms with van der Waals surface area (Å²) in [6, 6.07) is 6.50. The Labute approximate surface area is 169 Å². The van der Waals surface area contributed by atoms with Gasteiger partial charge in [0.15, 0.2) is 11.5 Å². The second-order valence-electron chi connectivity index (χ2n) is 9.05. The predicted molar refractivity (Wildman–Crippen MR) is 106 cm³/mol. The lowest BCUT2D eigenvalue weighted by Crippen LogP contribution is -2.53. The van der Waals surface area contributed by atoms with Crippen molar-refractivity contribution in [1.82, 2.24) is 4.90 Å². The van der Waals surface area contributed by atoms with E-state index >= 15 is 0 Å². The Morgan fingerprint density at radius 2 is 2.03 bits per heavy atom. The Kier molecular flexibility index (Phi) is 4.04. The highest BCUT2D eigenvalue weighted by molar-refractivity contribution is 6.10. The number of rotatable bonds is 4. The van der Waals surface area contributed by atoms with Crippen molar-refractivity contribution in [3.8, 4) is 0 Å². The van der Waals surface area contributed by atoms with Crippen molar-refractivity contribution < 1.29 is 19.4 Å². The lowest BCUT2D eigenvalue weighted by molar-refractivity contribution is -0.145. The number of hydrogen-bond acceptors (Lipinski definition) is 5. The van der Waals surface area contributed by atoms with Gasteiger partial charge in [-0.3, -0.25) is 14.5 Å². The summed E-state index contributed by atoms with van der Waals surface area (Å²) < 4.78 is 5.57. The maximum Gasteiger partial charge on any atom is 0.323 e. The van der Waals surface area contributed by atoms with Crippen LogP contribution in [0.1, 0.15) is 61.1 Å². The van der Waals surface area contributed by atoms with Crippen LogP contribution in [0.4, 0.5) is 0 Å². The number of fused-ring (bicyclic) bond motifs is 3. The van der Waals surface area contributed by atoms with Crippen LogP contribution in [0.25, 0.3) is 0 Å². The normalized spacial score (nSPS) is 33.4. The molecule has 154 valence electrons. The van der Waals surface area contributed by atoms with E-state index in [1.54, 1.807) is 7.11 Å². The van der Waals surface area contributed by atoms with Gasteiger partial charge in [0, 0.05) is 12.5 Å². The largest absolute Gasteiger partial charge is 0.480 e. The van der Waals surface area contributed by atoms with E-state index in [1.165, 1.54) is 18.4 Å². The summed E-state index contributed by atoms with van der Waals surface area (Å²) in [7, 11) is 1.73. The van der Waals surface area contributed by atoms with Crippen molar-refractivity contribution in [3.63, 3.8) is 0 Å². The molecule has 2 saturated carbocycles. The third-order valence-electron chi connectivity index (χ3n) is 7.50. The first-order chi connectivity index (χ1) is 13.9. The number of carbonyl (C=O) groups excluding carboxylic acids is 1. The molecule has 1 heterocycles. The minimum atomic E-state index is -1.11. The third kappa shape index (κ3) is 2.56. The minimum Gasteiger partial charge on any atom is -0.480 e. The Hall–Kier alpha value is -2.41. The molecule has 1 aliphatic heterocycles. The standard InChI is InChI=1S/C22H27N3O4/c1-29-16-6-8-21(9-7-16)11-15-5-4-14(13-2-3-13)10-17(15)22(21)19(28)25(12-18(26)27)20(23)24-22/h4-5,10,13,16H,2-3,6-9,11-12H2,1H3,(H2,23,24)(H,26,27)/t16-,21-,22?. The maximum atomic E-state index is 13.8. The van der Waals surface area contributed by atoms with Crippen molar-refractivity contribution in [3.05, 3.63) is 34.9 Å². The van der Waals surface area contributed by atoms with Crippen LogP contribution in [-0.2, 0) is 26.3 Å². The second-order valence-corrected chi connectivity index (χ2v) is 9.05. The van der Waals surface area contributed by atoms with Gasteiger partial charge in [0.2, 0.25) is 0 Å². The molecule has 2 spiro atoms. The molecular formula is C22H27N3O4. The van der Waals surface area contributed by atoms with Crippen molar-refractivity contribution >= 4 is 17.8 Å². The molecule has 2 fully saturated rings. The van der Waals surface area contributed by atoms with Crippen LogP contribution in [0.5, 0.6) is 0 Å². The average Bonchev–Trinajstić information content (AvgIpc) is 3.48. The first-order valence-corrected chi connectivity index (χ1v) is 10.5. The quantitative estimate of drug-likeness (QED) is 0.810. The molecule has 3 aliphatic carbocycles. The summed E-state index contributed by atoms with van der Waals surface area (Å²) in [5, 5.41) is 9.31. The molecule has 7 nitrogen and oxygen atoms in total. The van der Waals surface area contributed by atoms with Gasteiger partial charge in [-0.05, 0) is 67.6 Å². The number of nitrogens with zero attached hydrogens (tertiary/aromatic N) is 2. The predicted octanol–water partition coefficient (Wildman–Crippen LogP) is 2.13. The number of ether oxygens (including phenoxy) is 1. The Bertz CT molecular complexity index is 915. The highest BCUT2D eigenvalue weighted by Gasteiger charge is 2.66. The number of aliphatic carboxylic acids is 1. The number of benzene rings is 1. The fraction of sp³-hybridized carbons (Fsp3) is 0.591. The van der Waals surface area contributed by atoms with Crippen LogP contribution >= 0.6 is 0 Å². The van der Waals surface area contributed by atoms with E-state index < -0.39 is 18.1 Å². The Balaban J connectivity index is 1.64. The highest BCUT2D eigenvalue weighted by Crippen LogP contribution is 2.62. The van der Waals surface area contributed by atoms with E-state index in [9.17, 15) is 14.7 Å². The molecule has 1 aromatic carbocycles. The lowest BCUT2D eigenvalue weighted by Gasteiger charge is -2.45. The molecule has 1 aromatic rings. The van der Waals surface area contributed by atoms with Crippen LogP contribution < -0.4 is 5.73 Å². The summed E-state index contributed by atoms with van der Waals surface area (Å²) in [5.41, 5.74) is 8.01. The van der Waals surface area contributed by atoms with Crippen LogP contribution in [0.2, 0.25) is 0 Å². The molecule has 0 saturated heterocycles. The van der Waals surface area contributed by atoms with Crippen molar-refractivity contribution in [2.75, 3.05) is 13.7 Å². The zero-order valence-electron chi connectivity index (χ0n) is 16.7. The fourth-order valence-electron chi connectivity index (χ4n) is 5.84. The molecule has 7 heteroatoms. The summed E-state index contributed by atoms with van der Waals surface area (Å²) in [6.45, 7) is -0.454. The molecule has 29 heavy (non-hydrogen) atoms. The molecule has 0 radical (unpaired) electrons. The van der Waals surface area contributed by atoms with Gasteiger partial charge in [0.25, 0.3) is 5.91 Å². The third-order valence-corrected chi connectivity index (χ3v) is 7.50. The monoisotopic (exact) mass is 397 g/mol. The van der Waals surface area contributed by atoms with Gasteiger partial charge in [-0.15, -0.1) is 0 Å². The number of aliphatic imine (C=N–C) groups is 1. The van der Waals surface area contributed by atoms with E-state index in [1.807, 2.05) is 0 Å². The number of hydrogen-bond donors (Lipinski definition) is 2. The average molecular weight is 397 g/mol. The Morgan fingerprint density at radius 1 is 1.31 bits per heavy atom. The van der Waals surface area contributed by atoms with Gasteiger partial charge in [0.05, 0.1) is 6.10 Å². The van der Waals surface area contributed by atoms with E-state index in [0.717, 1.165) is 48.1 Å². The van der Waals surface area contributed by atoms with Crippen LogP contribution in [0, 0.1) is 5.41 Å². The number of guanidine groups is 1. The molecule has 4 aliphatic rings. The number of amides is 1. The topological polar surface area (TPSA) is 105 Å². The van der Waals surface area contributed by atoms with Crippen LogP contribution in [0.15, 0.2) is 23.2 Å². The molecular weight excluding hydrogens is 370 g/mol. The fourth-order valence-corrected chi connectivity index (χ4v) is 5.84. The summed E-state index contributed by atoms with van der Waals surface area (Å²) in [5.74, 6) is -0.781. The zero-order chi connectivity index (χ0) is 20.4. The molecule has 5 rings (SSSR count). The number of carboxylic acids is 1. The van der Waals surface area contributed by atoms with Gasteiger partial charge in [-0.25, -0.2) is 4.99 Å². The van der Waals surface area contributed by atoms with Gasteiger partial charge in [-0.2, -0.15) is 0 Å². The van der Waals surface area contributed by atoms with Crippen molar-refractivity contribution in [2.45, 2.75) is 62.5 Å². The van der Waals surface area contributed by atoms with E-state index in [0.29, 0.717) is 5.92 Å². The SMILES string of the molecule is CO[C@H]1CC[C@]2(CC1)Cc1ccc(C3CC3)cc1C21N=C(N)N(CC(=O)O)C1=O. The van der Waals surface area contributed by atoms with Gasteiger partial charge < -0.3 is 15.6 Å². The number of carbonyl (C=O) groups is 2. The maximum absolute atomic E-state index is 13.8. The van der Waals surface area contributed by atoms with Gasteiger partial charge >= 0.3 is 5.97 Å². The van der Waals surface area contributed by atoms with Gasteiger partial charge in [-0.1, -0.05) is 18.2 Å². The van der Waals surface area contributed by atoms with Gasteiger partial charge in [0.1, 0.15) is 6.54 Å². The first-order valence-electron chi connectivity index (χ1n) is 10.5.